The molecule has 0 amide bonds. The lowest BCUT2D eigenvalue weighted by Gasteiger charge is -2.03. The molecule has 0 bridgehead atoms. The summed E-state index contributed by atoms with van der Waals surface area (Å²) in [5, 5.41) is 17.1. The van der Waals surface area contributed by atoms with Crippen LogP contribution in [0.1, 0.15) is 5.76 Å². The van der Waals surface area contributed by atoms with E-state index in [0.717, 1.165) is 0 Å². The van der Waals surface area contributed by atoms with Crippen LogP contribution in [0.3, 0.4) is 0 Å². The highest BCUT2D eigenvalue weighted by Crippen LogP contribution is 2.22. The SMILES string of the molecule is O=[N+]([O-])c1cnccc1NCc1ccno1. The van der Waals surface area contributed by atoms with Crippen LogP contribution in [-0.2, 0) is 6.54 Å². The van der Waals surface area contributed by atoms with Crippen LogP contribution in [0.2, 0.25) is 0 Å². The van der Waals surface area contributed by atoms with Gasteiger partial charge in [-0.05, 0) is 6.07 Å². The summed E-state index contributed by atoms with van der Waals surface area (Å²) in [6, 6.07) is 3.22. The Morgan fingerprint density at radius 2 is 2.31 bits per heavy atom. The highest BCUT2D eigenvalue weighted by Gasteiger charge is 2.12. The summed E-state index contributed by atoms with van der Waals surface area (Å²) in [6.45, 7) is 0.338. The van der Waals surface area contributed by atoms with E-state index >= 15 is 0 Å². The largest absolute Gasteiger partial charge is 0.372 e. The van der Waals surface area contributed by atoms with Crippen molar-refractivity contribution in [2.24, 2.45) is 0 Å². The average Bonchev–Trinajstić information content (AvgIpc) is 2.79. The number of nitrogens with one attached hydrogen (secondary N) is 1. The fourth-order valence-corrected chi connectivity index (χ4v) is 1.20. The van der Waals surface area contributed by atoms with Crippen LogP contribution in [0.4, 0.5) is 11.4 Å². The van der Waals surface area contributed by atoms with Gasteiger partial charge in [0.05, 0.1) is 17.7 Å². The summed E-state index contributed by atoms with van der Waals surface area (Å²) in [4.78, 5) is 13.9. The molecule has 0 unspecified atom stereocenters. The smallest absolute Gasteiger partial charge is 0.310 e. The van der Waals surface area contributed by atoms with Crippen molar-refractivity contribution in [1.29, 1.82) is 0 Å². The van der Waals surface area contributed by atoms with Crippen LogP contribution in [-0.4, -0.2) is 15.1 Å². The van der Waals surface area contributed by atoms with Gasteiger partial charge in [0.1, 0.15) is 11.9 Å². The topological polar surface area (TPSA) is 94.1 Å². The Kier molecular flexibility index (Phi) is 2.77. The van der Waals surface area contributed by atoms with Crippen molar-refractivity contribution < 1.29 is 9.45 Å². The summed E-state index contributed by atoms with van der Waals surface area (Å²) in [7, 11) is 0. The minimum Gasteiger partial charge on any atom is -0.372 e. The molecule has 0 saturated heterocycles. The van der Waals surface area contributed by atoms with Gasteiger partial charge < -0.3 is 9.84 Å². The van der Waals surface area contributed by atoms with E-state index in [4.69, 9.17) is 4.52 Å². The molecule has 0 radical (unpaired) electrons. The van der Waals surface area contributed by atoms with E-state index in [2.05, 4.69) is 15.5 Å². The van der Waals surface area contributed by atoms with E-state index < -0.39 is 4.92 Å². The molecule has 16 heavy (non-hydrogen) atoms. The van der Waals surface area contributed by atoms with E-state index in [0.29, 0.717) is 18.0 Å². The predicted molar refractivity (Wildman–Crippen MR) is 54.7 cm³/mol. The molecule has 0 aromatic carbocycles. The molecule has 2 rings (SSSR count). The maximum absolute atomic E-state index is 10.7. The zero-order chi connectivity index (χ0) is 11.4. The highest BCUT2D eigenvalue weighted by molar-refractivity contribution is 5.59. The molecule has 7 nitrogen and oxygen atoms in total. The Hall–Kier alpha value is -2.44. The quantitative estimate of drug-likeness (QED) is 0.621. The maximum Gasteiger partial charge on any atom is 0.310 e. The highest BCUT2D eigenvalue weighted by atomic mass is 16.6. The van der Waals surface area contributed by atoms with Crippen LogP contribution in [0, 0.1) is 10.1 Å². The summed E-state index contributed by atoms with van der Waals surface area (Å²) in [6.07, 6.45) is 4.19. The van der Waals surface area contributed by atoms with Gasteiger partial charge in [0.25, 0.3) is 0 Å². The summed E-state index contributed by atoms with van der Waals surface area (Å²) < 4.78 is 4.86. The third-order valence-electron chi connectivity index (χ3n) is 1.94. The fourth-order valence-electron chi connectivity index (χ4n) is 1.20. The first-order valence-electron chi connectivity index (χ1n) is 4.49. The second kappa shape index (κ2) is 4.39. The first-order chi connectivity index (χ1) is 7.77. The molecule has 0 spiro atoms. The lowest BCUT2D eigenvalue weighted by Crippen LogP contribution is -2.02. The van der Waals surface area contributed by atoms with Crippen LogP contribution < -0.4 is 5.32 Å². The molecule has 2 aromatic heterocycles. The fraction of sp³-hybridized carbons (Fsp3) is 0.111. The number of hydrogen-bond acceptors (Lipinski definition) is 6. The number of anilines is 1. The molecule has 7 heteroatoms. The molecule has 0 saturated carbocycles. The van der Waals surface area contributed by atoms with Gasteiger partial charge in [-0.2, -0.15) is 0 Å². The van der Waals surface area contributed by atoms with Crippen molar-refractivity contribution >= 4 is 11.4 Å². The van der Waals surface area contributed by atoms with Crippen LogP contribution in [0.25, 0.3) is 0 Å². The minimum atomic E-state index is -0.490. The lowest BCUT2D eigenvalue weighted by atomic mass is 10.3. The van der Waals surface area contributed by atoms with Crippen molar-refractivity contribution in [1.82, 2.24) is 10.1 Å². The molecule has 0 aliphatic rings. The molecule has 0 aliphatic heterocycles. The Morgan fingerprint density at radius 3 is 3.00 bits per heavy atom. The van der Waals surface area contributed by atoms with Gasteiger partial charge in [0.2, 0.25) is 0 Å². The van der Waals surface area contributed by atoms with Gasteiger partial charge in [-0.3, -0.25) is 15.1 Å². The van der Waals surface area contributed by atoms with Gasteiger partial charge in [-0.15, -0.1) is 0 Å². The lowest BCUT2D eigenvalue weighted by molar-refractivity contribution is -0.384. The molecule has 0 fully saturated rings. The first kappa shape index (κ1) is 10.1. The first-order valence-corrected chi connectivity index (χ1v) is 4.49. The number of nitrogens with zero attached hydrogens (tertiary/aromatic N) is 3. The average molecular weight is 220 g/mol. The Balaban J connectivity index is 2.12. The zero-order valence-electron chi connectivity index (χ0n) is 8.16. The van der Waals surface area contributed by atoms with Crippen molar-refractivity contribution in [3.63, 3.8) is 0 Å². The van der Waals surface area contributed by atoms with Crippen LogP contribution in [0.15, 0.2) is 35.2 Å². The second-order valence-corrected chi connectivity index (χ2v) is 2.98. The Labute approximate surface area is 90.2 Å². The van der Waals surface area contributed by atoms with Crippen molar-refractivity contribution in [3.8, 4) is 0 Å². The number of aromatic nitrogens is 2. The van der Waals surface area contributed by atoms with Crippen LogP contribution >= 0.6 is 0 Å². The number of nitro groups is 1. The van der Waals surface area contributed by atoms with Crippen LogP contribution in [0.5, 0.6) is 0 Å². The summed E-state index contributed by atoms with van der Waals surface area (Å²) >= 11 is 0. The standard InChI is InChI=1S/C9H8N4O3/c14-13(15)9-6-10-3-2-8(9)11-5-7-1-4-12-16-7/h1-4,6H,5H2,(H,10,11). The van der Waals surface area contributed by atoms with Gasteiger partial charge in [-0.25, -0.2) is 0 Å². The maximum atomic E-state index is 10.7. The molecular formula is C9H8N4O3. The normalized spacial score (nSPS) is 10.0. The van der Waals surface area contributed by atoms with E-state index in [9.17, 15) is 10.1 Å². The molecular weight excluding hydrogens is 212 g/mol. The molecule has 2 aromatic rings. The van der Waals surface area contributed by atoms with Gasteiger partial charge in [-0.1, -0.05) is 5.16 Å². The third kappa shape index (κ3) is 2.14. The minimum absolute atomic E-state index is 0.0676. The van der Waals surface area contributed by atoms with E-state index in [-0.39, 0.29) is 5.69 Å². The summed E-state index contributed by atoms with van der Waals surface area (Å²) in [5.74, 6) is 0.603. The zero-order valence-corrected chi connectivity index (χ0v) is 8.16. The Bertz CT molecular complexity index is 483. The van der Waals surface area contributed by atoms with Gasteiger partial charge in [0.15, 0.2) is 5.76 Å². The van der Waals surface area contributed by atoms with E-state index in [1.807, 2.05) is 0 Å². The summed E-state index contributed by atoms with van der Waals surface area (Å²) in [5.41, 5.74) is 0.332. The van der Waals surface area contributed by atoms with Gasteiger partial charge in [0, 0.05) is 12.3 Å². The molecule has 1 N–H and O–H groups in total. The second-order valence-electron chi connectivity index (χ2n) is 2.98. The monoisotopic (exact) mass is 220 g/mol. The predicted octanol–water partition coefficient (Wildman–Crippen LogP) is 1.59. The van der Waals surface area contributed by atoms with Gasteiger partial charge >= 0.3 is 5.69 Å². The molecule has 2 heterocycles. The molecule has 0 atom stereocenters. The number of hydrogen-bond donors (Lipinski definition) is 1. The molecule has 82 valence electrons. The van der Waals surface area contributed by atoms with Crippen molar-refractivity contribution in [2.75, 3.05) is 5.32 Å². The van der Waals surface area contributed by atoms with Crippen molar-refractivity contribution in [3.05, 3.63) is 46.6 Å². The van der Waals surface area contributed by atoms with Crippen molar-refractivity contribution in [2.45, 2.75) is 6.54 Å². The van der Waals surface area contributed by atoms with E-state index in [1.54, 1.807) is 6.07 Å². The number of rotatable bonds is 4. The Morgan fingerprint density at radius 1 is 1.44 bits per heavy atom. The van der Waals surface area contributed by atoms with E-state index in [1.165, 1.54) is 24.7 Å². The number of pyridine rings is 1. The third-order valence-corrected chi connectivity index (χ3v) is 1.94. The molecule has 0 aliphatic carbocycles.